The zero-order chi connectivity index (χ0) is 23.5. The molecular weight excluding hydrogens is 514 g/mol. The van der Waals surface area contributed by atoms with Crippen LogP contribution in [0.1, 0.15) is 37.5 Å². The van der Waals surface area contributed by atoms with Crippen molar-refractivity contribution < 1.29 is 28.2 Å². The maximum atomic E-state index is 12.3. The Bertz CT molecular complexity index is 1090. The number of sulfonamides is 1. The molecule has 1 aliphatic heterocycles. The molecule has 0 aromatic heterocycles. The summed E-state index contributed by atoms with van der Waals surface area (Å²) in [6, 6.07) is 11.9. The van der Waals surface area contributed by atoms with E-state index in [1.54, 1.807) is 4.90 Å². The molecule has 1 heterocycles. The maximum absolute atomic E-state index is 12.3. The van der Waals surface area contributed by atoms with Crippen molar-refractivity contribution >= 4 is 44.5 Å². The van der Waals surface area contributed by atoms with Crippen LogP contribution >= 0.6 is 17.0 Å². The number of para-hydroxylation sites is 1. The van der Waals surface area contributed by atoms with Gasteiger partial charge in [-0.05, 0) is 44.0 Å². The number of rotatable bonds is 9. The van der Waals surface area contributed by atoms with E-state index in [4.69, 9.17) is 4.74 Å². The molecular formula is C22H30BrN3O6S. The predicted molar refractivity (Wildman–Crippen MR) is 133 cm³/mol. The number of halogens is 1. The van der Waals surface area contributed by atoms with Crippen LogP contribution in [-0.2, 0) is 21.4 Å². The third-order valence-corrected chi connectivity index (χ3v) is 5.88. The molecule has 182 valence electrons. The highest BCUT2D eigenvalue weighted by Gasteiger charge is 2.28. The minimum Gasteiger partial charge on any atom is -0.506 e. The number of phenols is 1. The molecule has 2 aromatic rings. The van der Waals surface area contributed by atoms with Crippen molar-refractivity contribution in [3.8, 4) is 5.75 Å². The van der Waals surface area contributed by atoms with Crippen LogP contribution in [0, 0.1) is 0 Å². The number of nitrogens with one attached hydrogen (secondary N) is 2. The van der Waals surface area contributed by atoms with Crippen molar-refractivity contribution in [2.75, 3.05) is 29.0 Å². The zero-order valence-electron chi connectivity index (χ0n) is 18.7. The zero-order valence-corrected chi connectivity index (χ0v) is 21.3. The first-order valence-electron chi connectivity index (χ1n) is 10.2. The molecule has 0 fully saturated rings. The molecule has 11 heteroatoms. The fraction of sp³-hybridized carbons (Fsp3) is 0.409. The van der Waals surface area contributed by atoms with E-state index < -0.39 is 21.7 Å². The molecule has 1 amide bonds. The van der Waals surface area contributed by atoms with E-state index in [2.05, 4.69) is 10.0 Å². The van der Waals surface area contributed by atoms with Crippen molar-refractivity contribution in [3.05, 3.63) is 53.6 Å². The fourth-order valence-corrected chi connectivity index (χ4v) is 4.00. The number of aliphatic hydroxyl groups is 1. The highest BCUT2D eigenvalue weighted by Crippen LogP contribution is 2.29. The second-order valence-electron chi connectivity index (χ2n) is 8.52. The number of cyclic esters (lactones) is 1. The molecule has 4 N–H and O–H groups in total. The number of carbonyl (C=O) groups is 1. The average Bonchev–Trinajstić information content (AvgIpc) is 2.72. The summed E-state index contributed by atoms with van der Waals surface area (Å²) in [5.74, 6) is -0.228. The third kappa shape index (κ3) is 7.32. The van der Waals surface area contributed by atoms with Gasteiger partial charge in [0.15, 0.2) is 0 Å². The second kappa shape index (κ2) is 10.7. The van der Waals surface area contributed by atoms with Gasteiger partial charge in [-0.15, -0.1) is 17.0 Å². The van der Waals surface area contributed by atoms with Crippen LogP contribution < -0.4 is 14.9 Å². The van der Waals surface area contributed by atoms with Crippen LogP contribution in [0.3, 0.4) is 0 Å². The first kappa shape index (κ1) is 26.9. The standard InChI is InChI=1S/C22H29N3O6S.BrH/c1-22(2,10-11-25-18-7-5-4-6-16(18)14-31-21(25)28)23-13-20(27)15-8-9-19(26)17(12-15)24-32(3,29)30;/h4-9,12,20,23-24,26-27H,10-11,13-14H2,1-3H3;1H. The van der Waals surface area contributed by atoms with Crippen molar-refractivity contribution in [2.24, 2.45) is 0 Å². The van der Waals surface area contributed by atoms with Gasteiger partial charge in [0.1, 0.15) is 12.4 Å². The van der Waals surface area contributed by atoms with Crippen LogP contribution in [0.15, 0.2) is 42.5 Å². The van der Waals surface area contributed by atoms with Gasteiger partial charge in [0.2, 0.25) is 10.0 Å². The lowest BCUT2D eigenvalue weighted by Crippen LogP contribution is -2.46. The molecule has 0 saturated heterocycles. The second-order valence-corrected chi connectivity index (χ2v) is 10.3. The number of carbonyl (C=O) groups excluding carboxylic acids is 1. The molecule has 0 spiro atoms. The molecule has 0 bridgehead atoms. The van der Waals surface area contributed by atoms with Crippen LogP contribution in [-0.4, -0.2) is 49.6 Å². The van der Waals surface area contributed by atoms with Crippen LogP contribution in [0.5, 0.6) is 5.75 Å². The number of hydrogen-bond donors (Lipinski definition) is 4. The number of fused-ring (bicyclic) bond motifs is 1. The Labute approximate surface area is 204 Å². The minimum atomic E-state index is -3.57. The van der Waals surface area contributed by atoms with Crippen LogP contribution in [0.25, 0.3) is 0 Å². The number of hydrogen-bond acceptors (Lipinski definition) is 7. The van der Waals surface area contributed by atoms with E-state index in [0.29, 0.717) is 18.5 Å². The summed E-state index contributed by atoms with van der Waals surface area (Å²) in [4.78, 5) is 13.9. The SMILES string of the molecule is Br.CC(C)(CCN1C(=O)OCc2ccccc21)NCC(O)c1ccc(O)c(NS(C)(=O)=O)c1. The summed E-state index contributed by atoms with van der Waals surface area (Å²) in [7, 11) is -3.57. The summed E-state index contributed by atoms with van der Waals surface area (Å²) in [5.41, 5.74) is 1.84. The smallest absolute Gasteiger partial charge is 0.414 e. The van der Waals surface area contributed by atoms with Gasteiger partial charge in [-0.3, -0.25) is 9.62 Å². The van der Waals surface area contributed by atoms with Crippen LogP contribution in [0.2, 0.25) is 0 Å². The van der Waals surface area contributed by atoms with E-state index in [9.17, 15) is 23.4 Å². The number of β-amino-alcohol motifs (C(OH)–C–C–N with tert-alkyl or cyclic N) is 1. The van der Waals surface area contributed by atoms with Gasteiger partial charge in [0.25, 0.3) is 0 Å². The van der Waals surface area contributed by atoms with Gasteiger partial charge in [0, 0.05) is 24.2 Å². The number of aliphatic hydroxyl groups excluding tert-OH is 1. The molecule has 9 nitrogen and oxygen atoms in total. The Morgan fingerprint density at radius 2 is 1.91 bits per heavy atom. The minimum absolute atomic E-state index is 0. The summed E-state index contributed by atoms with van der Waals surface area (Å²) in [6.45, 7) is 4.83. The molecule has 1 unspecified atom stereocenters. The maximum Gasteiger partial charge on any atom is 0.414 e. The summed E-state index contributed by atoms with van der Waals surface area (Å²) < 4.78 is 30.4. The van der Waals surface area contributed by atoms with Crippen LogP contribution in [0.4, 0.5) is 16.2 Å². The number of benzene rings is 2. The molecule has 0 radical (unpaired) electrons. The summed E-state index contributed by atoms with van der Waals surface area (Å²) in [5, 5.41) is 23.7. The Morgan fingerprint density at radius 1 is 1.21 bits per heavy atom. The number of anilines is 2. The van der Waals surface area contributed by atoms with Gasteiger partial charge in [-0.2, -0.15) is 0 Å². The topological polar surface area (TPSA) is 128 Å². The van der Waals surface area contributed by atoms with Gasteiger partial charge >= 0.3 is 6.09 Å². The highest BCUT2D eigenvalue weighted by atomic mass is 79.9. The van der Waals surface area contributed by atoms with Crippen molar-refractivity contribution in [2.45, 2.75) is 38.5 Å². The molecule has 3 rings (SSSR count). The summed E-state index contributed by atoms with van der Waals surface area (Å²) >= 11 is 0. The molecule has 33 heavy (non-hydrogen) atoms. The number of nitrogens with zero attached hydrogens (tertiary/aromatic N) is 1. The number of ether oxygens (including phenoxy) is 1. The monoisotopic (exact) mass is 543 g/mol. The van der Waals surface area contributed by atoms with Crippen molar-refractivity contribution in [1.29, 1.82) is 0 Å². The van der Waals surface area contributed by atoms with E-state index in [0.717, 1.165) is 17.5 Å². The Morgan fingerprint density at radius 3 is 2.61 bits per heavy atom. The fourth-order valence-electron chi connectivity index (χ4n) is 3.44. The van der Waals surface area contributed by atoms with Gasteiger partial charge in [-0.25, -0.2) is 13.2 Å². The van der Waals surface area contributed by atoms with E-state index >= 15 is 0 Å². The lowest BCUT2D eigenvalue weighted by molar-refractivity contribution is 0.139. The Hall–Kier alpha value is -2.34. The molecule has 0 saturated carbocycles. The Kier molecular flexibility index (Phi) is 8.75. The lowest BCUT2D eigenvalue weighted by Gasteiger charge is -2.33. The quantitative estimate of drug-likeness (QED) is 0.357. The van der Waals surface area contributed by atoms with Gasteiger partial charge in [-0.1, -0.05) is 24.3 Å². The van der Waals surface area contributed by atoms with E-state index in [-0.39, 0.29) is 47.7 Å². The van der Waals surface area contributed by atoms with Crippen molar-refractivity contribution in [1.82, 2.24) is 5.32 Å². The third-order valence-electron chi connectivity index (χ3n) is 5.29. The van der Waals surface area contributed by atoms with E-state index in [1.807, 2.05) is 38.1 Å². The predicted octanol–water partition coefficient (Wildman–Crippen LogP) is 3.29. The molecule has 1 atom stereocenters. The van der Waals surface area contributed by atoms with E-state index in [1.165, 1.54) is 18.2 Å². The normalized spacial score (nSPS) is 14.7. The number of phenolic OH excluding ortho intramolecular Hbond substituents is 1. The largest absolute Gasteiger partial charge is 0.506 e. The number of aromatic hydroxyl groups is 1. The van der Waals surface area contributed by atoms with Crippen molar-refractivity contribution in [3.63, 3.8) is 0 Å². The molecule has 1 aliphatic rings. The van der Waals surface area contributed by atoms with Gasteiger partial charge < -0.3 is 20.3 Å². The first-order chi connectivity index (χ1) is 15.0. The Balaban J connectivity index is 0.00000385. The number of amides is 1. The lowest BCUT2D eigenvalue weighted by atomic mass is 9.98. The molecule has 2 aromatic carbocycles. The summed E-state index contributed by atoms with van der Waals surface area (Å²) in [6.07, 6.45) is 0.264. The highest BCUT2D eigenvalue weighted by molar-refractivity contribution is 8.93. The van der Waals surface area contributed by atoms with Gasteiger partial charge in [0.05, 0.1) is 23.7 Å². The first-order valence-corrected chi connectivity index (χ1v) is 12.1. The average molecular weight is 544 g/mol. The molecule has 0 aliphatic carbocycles.